The minimum Gasteiger partial charge on any atom is -0.371 e. The summed E-state index contributed by atoms with van der Waals surface area (Å²) in [5, 5.41) is 0. The van der Waals surface area contributed by atoms with Gasteiger partial charge in [0, 0.05) is 19.7 Å². The third-order valence-electron chi connectivity index (χ3n) is 4.58. The molecule has 0 unspecified atom stereocenters. The number of rotatable bonds is 2. The number of hydrogen-bond acceptors (Lipinski definition) is 3. The highest BCUT2D eigenvalue weighted by Crippen LogP contribution is 2.34. The number of ether oxygens (including phenoxy) is 1. The van der Waals surface area contributed by atoms with Crippen LogP contribution < -0.4 is 0 Å². The number of morpholine rings is 1. The molecule has 114 valence electrons. The van der Waals surface area contributed by atoms with Gasteiger partial charge in [-0.2, -0.15) is 0 Å². The molecule has 3 rings (SSSR count). The lowest BCUT2D eigenvalue weighted by atomic mass is 9.83. The Morgan fingerprint density at radius 3 is 2.90 bits per heavy atom. The van der Waals surface area contributed by atoms with Crippen LogP contribution in [-0.4, -0.2) is 45.7 Å². The molecule has 1 saturated heterocycles. The van der Waals surface area contributed by atoms with E-state index in [1.807, 2.05) is 22.6 Å². The first-order valence-electron chi connectivity index (χ1n) is 7.76. The highest BCUT2D eigenvalue weighted by atomic mass is 16.5. The molecule has 2 aliphatic rings. The number of aromatic nitrogens is 2. The van der Waals surface area contributed by atoms with Gasteiger partial charge in [0.1, 0.15) is 0 Å². The van der Waals surface area contributed by atoms with Gasteiger partial charge in [-0.15, -0.1) is 0 Å². The largest absolute Gasteiger partial charge is 0.371 e. The van der Waals surface area contributed by atoms with Gasteiger partial charge in [-0.25, -0.2) is 4.98 Å². The number of carbonyl (C=O) groups is 1. The van der Waals surface area contributed by atoms with Crippen LogP contribution in [0, 0.1) is 0 Å². The van der Waals surface area contributed by atoms with Crippen LogP contribution >= 0.6 is 0 Å². The average Bonchev–Trinajstić information content (AvgIpc) is 2.91. The number of aryl methyl sites for hydroxylation is 1. The molecule has 1 aliphatic heterocycles. The number of carbonyl (C=O) groups excluding carboxylic acids is 1. The summed E-state index contributed by atoms with van der Waals surface area (Å²) in [6, 6.07) is 0. The molecule has 5 heteroatoms. The predicted molar refractivity (Wildman–Crippen MR) is 80.6 cm³/mol. The highest BCUT2D eigenvalue weighted by molar-refractivity contribution is 5.91. The van der Waals surface area contributed by atoms with Crippen molar-refractivity contribution >= 4 is 12.0 Å². The molecule has 5 nitrogen and oxygen atoms in total. The molecule has 1 aliphatic carbocycles. The molecule has 0 N–H and O–H groups in total. The van der Waals surface area contributed by atoms with Crippen molar-refractivity contribution in [1.29, 1.82) is 0 Å². The second-order valence-electron chi connectivity index (χ2n) is 6.11. The SMILES string of the molecule is Cn1cncc1C=CC(=O)N1CCOC2(CCCCC2)C1. The van der Waals surface area contributed by atoms with E-state index in [0.717, 1.165) is 25.1 Å². The molecule has 1 aromatic rings. The number of amides is 1. The van der Waals surface area contributed by atoms with Crippen LogP contribution in [0.1, 0.15) is 37.8 Å². The molecule has 0 radical (unpaired) electrons. The molecule has 0 bridgehead atoms. The molecule has 2 heterocycles. The van der Waals surface area contributed by atoms with Crippen LogP contribution in [0.5, 0.6) is 0 Å². The van der Waals surface area contributed by atoms with Gasteiger partial charge in [0.05, 0.1) is 37.0 Å². The summed E-state index contributed by atoms with van der Waals surface area (Å²) in [5.41, 5.74) is 0.857. The van der Waals surface area contributed by atoms with E-state index in [9.17, 15) is 4.79 Å². The minimum atomic E-state index is -0.0769. The maximum atomic E-state index is 12.4. The first-order chi connectivity index (χ1) is 10.2. The van der Waals surface area contributed by atoms with E-state index in [1.165, 1.54) is 19.3 Å². The Labute approximate surface area is 125 Å². The number of imidazole rings is 1. The zero-order valence-corrected chi connectivity index (χ0v) is 12.6. The van der Waals surface area contributed by atoms with Crippen molar-refractivity contribution in [1.82, 2.24) is 14.5 Å². The fourth-order valence-electron chi connectivity index (χ4n) is 3.32. The Kier molecular flexibility index (Phi) is 4.10. The topological polar surface area (TPSA) is 47.4 Å². The molecule has 21 heavy (non-hydrogen) atoms. The lowest BCUT2D eigenvalue weighted by molar-refractivity contribution is -0.152. The van der Waals surface area contributed by atoms with Crippen molar-refractivity contribution in [3.05, 3.63) is 24.3 Å². The Morgan fingerprint density at radius 1 is 1.38 bits per heavy atom. The van der Waals surface area contributed by atoms with Crippen molar-refractivity contribution < 1.29 is 9.53 Å². The Balaban J connectivity index is 1.64. The molecule has 1 aromatic heterocycles. The summed E-state index contributed by atoms with van der Waals surface area (Å²) in [7, 11) is 1.92. The molecule has 0 atom stereocenters. The van der Waals surface area contributed by atoms with Gasteiger partial charge in [-0.05, 0) is 18.9 Å². The van der Waals surface area contributed by atoms with Gasteiger partial charge < -0.3 is 14.2 Å². The third-order valence-corrected chi connectivity index (χ3v) is 4.58. The Hall–Kier alpha value is -1.62. The maximum absolute atomic E-state index is 12.4. The van der Waals surface area contributed by atoms with Crippen LogP contribution in [0.15, 0.2) is 18.6 Å². The van der Waals surface area contributed by atoms with E-state index < -0.39 is 0 Å². The fraction of sp³-hybridized carbons (Fsp3) is 0.625. The van der Waals surface area contributed by atoms with Crippen LogP contribution in [0.4, 0.5) is 0 Å². The minimum absolute atomic E-state index is 0.0736. The first kappa shape index (κ1) is 14.3. The van der Waals surface area contributed by atoms with E-state index in [0.29, 0.717) is 13.2 Å². The summed E-state index contributed by atoms with van der Waals surface area (Å²) in [6.45, 7) is 2.09. The summed E-state index contributed by atoms with van der Waals surface area (Å²) in [5.74, 6) is 0.0736. The Morgan fingerprint density at radius 2 is 2.19 bits per heavy atom. The predicted octanol–water partition coefficient (Wildman–Crippen LogP) is 1.99. The lowest BCUT2D eigenvalue weighted by Gasteiger charge is -2.44. The maximum Gasteiger partial charge on any atom is 0.246 e. The first-order valence-corrected chi connectivity index (χ1v) is 7.76. The fourth-order valence-corrected chi connectivity index (χ4v) is 3.32. The van der Waals surface area contributed by atoms with Crippen LogP contribution in [-0.2, 0) is 16.6 Å². The van der Waals surface area contributed by atoms with Gasteiger partial charge >= 0.3 is 0 Å². The van der Waals surface area contributed by atoms with E-state index in [1.54, 1.807) is 18.6 Å². The molecule has 1 amide bonds. The molecule has 2 fully saturated rings. The van der Waals surface area contributed by atoms with Crippen molar-refractivity contribution in [3.8, 4) is 0 Å². The standard InChI is InChI=1S/C16H23N3O2/c1-18-13-17-11-14(18)5-6-15(20)19-9-10-21-16(12-19)7-3-2-4-8-16/h5-6,11,13H,2-4,7-10,12H2,1H3. The summed E-state index contributed by atoms with van der Waals surface area (Å²) in [6.07, 6.45) is 12.9. The zero-order valence-electron chi connectivity index (χ0n) is 12.6. The highest BCUT2D eigenvalue weighted by Gasteiger charge is 2.38. The van der Waals surface area contributed by atoms with Crippen molar-refractivity contribution in [2.75, 3.05) is 19.7 Å². The van der Waals surface area contributed by atoms with Gasteiger partial charge in [-0.3, -0.25) is 4.79 Å². The van der Waals surface area contributed by atoms with E-state index in [4.69, 9.17) is 4.74 Å². The van der Waals surface area contributed by atoms with Crippen LogP contribution in [0.2, 0.25) is 0 Å². The molecule has 0 aromatic carbocycles. The van der Waals surface area contributed by atoms with Crippen molar-refractivity contribution in [2.45, 2.75) is 37.7 Å². The molecular formula is C16H23N3O2. The van der Waals surface area contributed by atoms with Crippen molar-refractivity contribution in [3.63, 3.8) is 0 Å². The normalized spacial score (nSPS) is 22.0. The number of nitrogens with zero attached hydrogens (tertiary/aromatic N) is 3. The number of hydrogen-bond donors (Lipinski definition) is 0. The third kappa shape index (κ3) is 3.18. The zero-order chi connectivity index (χ0) is 14.7. The quantitative estimate of drug-likeness (QED) is 0.782. The van der Waals surface area contributed by atoms with Gasteiger partial charge in [0.25, 0.3) is 0 Å². The summed E-state index contributed by atoms with van der Waals surface area (Å²) >= 11 is 0. The molecular weight excluding hydrogens is 266 g/mol. The van der Waals surface area contributed by atoms with Gasteiger partial charge in [0.2, 0.25) is 5.91 Å². The van der Waals surface area contributed by atoms with E-state index in [2.05, 4.69) is 4.98 Å². The Bertz CT molecular complexity index is 524. The van der Waals surface area contributed by atoms with E-state index in [-0.39, 0.29) is 11.5 Å². The monoisotopic (exact) mass is 289 g/mol. The second-order valence-corrected chi connectivity index (χ2v) is 6.11. The average molecular weight is 289 g/mol. The summed E-state index contributed by atoms with van der Waals surface area (Å²) < 4.78 is 7.92. The van der Waals surface area contributed by atoms with Gasteiger partial charge in [0.15, 0.2) is 0 Å². The second kappa shape index (κ2) is 6.02. The van der Waals surface area contributed by atoms with Crippen LogP contribution in [0.3, 0.4) is 0 Å². The van der Waals surface area contributed by atoms with Gasteiger partial charge in [-0.1, -0.05) is 19.3 Å². The lowest BCUT2D eigenvalue weighted by Crippen LogP contribution is -2.54. The molecule has 1 saturated carbocycles. The van der Waals surface area contributed by atoms with Crippen molar-refractivity contribution in [2.24, 2.45) is 7.05 Å². The molecule has 1 spiro atoms. The van der Waals surface area contributed by atoms with Crippen LogP contribution in [0.25, 0.3) is 6.08 Å². The summed E-state index contributed by atoms with van der Waals surface area (Å²) in [4.78, 5) is 18.4. The van der Waals surface area contributed by atoms with E-state index >= 15 is 0 Å². The smallest absolute Gasteiger partial charge is 0.246 e.